The number of nitrogens with zero attached hydrogens (tertiary/aromatic N) is 1. The van der Waals surface area contributed by atoms with Crippen molar-refractivity contribution in [2.75, 3.05) is 31.1 Å². The molecule has 1 aliphatic heterocycles. The fourth-order valence-electron chi connectivity index (χ4n) is 2.72. The van der Waals surface area contributed by atoms with Gasteiger partial charge in [0.2, 0.25) is 0 Å². The van der Waals surface area contributed by atoms with Gasteiger partial charge in [0.25, 0.3) is 0 Å². The van der Waals surface area contributed by atoms with Crippen LogP contribution in [0.1, 0.15) is 25.8 Å². The van der Waals surface area contributed by atoms with Gasteiger partial charge in [0.15, 0.2) is 0 Å². The van der Waals surface area contributed by atoms with Crippen LogP contribution < -0.4 is 10.2 Å². The van der Waals surface area contributed by atoms with Crippen molar-refractivity contribution >= 4 is 5.69 Å². The fraction of sp³-hybridized carbons (Fsp3) is 0.625. The second-order valence-corrected chi connectivity index (χ2v) is 5.65. The summed E-state index contributed by atoms with van der Waals surface area (Å²) in [5, 5.41) is 12.7. The van der Waals surface area contributed by atoms with Gasteiger partial charge in [-0.3, -0.25) is 0 Å². The van der Waals surface area contributed by atoms with Gasteiger partial charge in [-0.15, -0.1) is 0 Å². The van der Waals surface area contributed by atoms with Crippen molar-refractivity contribution < 1.29 is 5.11 Å². The molecule has 1 saturated heterocycles. The Kier molecular flexibility index (Phi) is 5.23. The van der Waals surface area contributed by atoms with Crippen molar-refractivity contribution in [3.8, 4) is 0 Å². The highest BCUT2D eigenvalue weighted by molar-refractivity contribution is 5.48. The third kappa shape index (κ3) is 3.95. The second-order valence-electron chi connectivity index (χ2n) is 5.65. The van der Waals surface area contributed by atoms with Crippen LogP contribution in [0.2, 0.25) is 0 Å². The van der Waals surface area contributed by atoms with E-state index < -0.39 is 0 Å². The van der Waals surface area contributed by atoms with Crippen LogP contribution in [0.25, 0.3) is 0 Å². The maximum Gasteiger partial charge on any atom is 0.0446 e. The molecule has 19 heavy (non-hydrogen) atoms. The standard InChI is InChI=1S/C16H26N2O/c1-3-14-4-6-16(7-5-14)18-11-13(2)10-17-15(12-18)8-9-19/h4-7,13,15,17,19H,3,8-12H2,1-2H3. The zero-order valence-electron chi connectivity index (χ0n) is 12.1. The number of aliphatic hydroxyl groups is 1. The van der Waals surface area contributed by atoms with E-state index >= 15 is 0 Å². The van der Waals surface area contributed by atoms with Crippen LogP contribution in [-0.4, -0.2) is 37.4 Å². The van der Waals surface area contributed by atoms with Crippen molar-refractivity contribution in [3.63, 3.8) is 0 Å². The van der Waals surface area contributed by atoms with Crippen LogP contribution in [0.5, 0.6) is 0 Å². The summed E-state index contributed by atoms with van der Waals surface area (Å²) in [4.78, 5) is 2.45. The van der Waals surface area contributed by atoms with Crippen LogP contribution in [0.15, 0.2) is 24.3 Å². The minimum Gasteiger partial charge on any atom is -0.396 e. The van der Waals surface area contributed by atoms with Crippen molar-refractivity contribution in [2.24, 2.45) is 5.92 Å². The summed E-state index contributed by atoms with van der Waals surface area (Å²) in [6.45, 7) is 7.82. The minimum atomic E-state index is 0.259. The van der Waals surface area contributed by atoms with E-state index in [9.17, 15) is 0 Å². The lowest BCUT2D eigenvalue weighted by atomic mass is 10.1. The first kappa shape index (κ1) is 14.4. The molecule has 0 aliphatic carbocycles. The van der Waals surface area contributed by atoms with E-state index in [1.165, 1.54) is 11.3 Å². The molecule has 106 valence electrons. The lowest BCUT2D eigenvalue weighted by Gasteiger charge is -2.27. The molecule has 0 aromatic heterocycles. The smallest absolute Gasteiger partial charge is 0.0446 e. The minimum absolute atomic E-state index is 0.259. The number of aryl methyl sites for hydroxylation is 1. The van der Waals surface area contributed by atoms with Crippen LogP contribution in [-0.2, 0) is 6.42 Å². The molecular formula is C16H26N2O. The Morgan fingerprint density at radius 1 is 1.26 bits per heavy atom. The fourth-order valence-corrected chi connectivity index (χ4v) is 2.72. The summed E-state index contributed by atoms with van der Waals surface area (Å²) in [6, 6.07) is 9.29. The number of benzene rings is 1. The number of nitrogens with one attached hydrogen (secondary N) is 1. The van der Waals surface area contributed by atoms with Crippen molar-refractivity contribution in [2.45, 2.75) is 32.7 Å². The van der Waals surface area contributed by atoms with Gasteiger partial charge in [0, 0.05) is 31.4 Å². The normalized spacial score (nSPS) is 24.3. The van der Waals surface area contributed by atoms with Crippen molar-refractivity contribution in [1.29, 1.82) is 0 Å². The summed E-state index contributed by atoms with van der Waals surface area (Å²) in [5.41, 5.74) is 2.69. The van der Waals surface area contributed by atoms with Gasteiger partial charge in [-0.05, 0) is 43.0 Å². The average Bonchev–Trinajstić information content (AvgIpc) is 2.62. The molecule has 1 heterocycles. The number of aliphatic hydroxyl groups excluding tert-OH is 1. The van der Waals surface area contributed by atoms with E-state index in [1.54, 1.807) is 0 Å². The predicted molar refractivity (Wildman–Crippen MR) is 80.7 cm³/mol. The van der Waals surface area contributed by atoms with Crippen molar-refractivity contribution in [1.82, 2.24) is 5.32 Å². The topological polar surface area (TPSA) is 35.5 Å². The molecule has 2 rings (SSSR count). The summed E-state index contributed by atoms with van der Waals surface area (Å²) < 4.78 is 0. The Hall–Kier alpha value is -1.06. The summed E-state index contributed by atoms with van der Waals surface area (Å²) in [5.74, 6) is 0.634. The molecule has 0 spiro atoms. The molecule has 1 aromatic carbocycles. The van der Waals surface area contributed by atoms with Crippen LogP contribution in [0.3, 0.4) is 0 Å². The van der Waals surface area contributed by atoms with Gasteiger partial charge in [0.05, 0.1) is 0 Å². The molecular weight excluding hydrogens is 236 g/mol. The lowest BCUT2D eigenvalue weighted by molar-refractivity contribution is 0.266. The third-order valence-corrected chi connectivity index (χ3v) is 3.92. The summed E-state index contributed by atoms with van der Waals surface area (Å²) in [7, 11) is 0. The Bertz CT molecular complexity index is 377. The zero-order chi connectivity index (χ0) is 13.7. The molecule has 0 saturated carbocycles. The van der Waals surface area contributed by atoms with E-state index in [0.29, 0.717) is 12.0 Å². The first-order chi connectivity index (χ1) is 9.22. The SMILES string of the molecule is CCc1ccc(N2CC(C)CNC(CCO)C2)cc1. The van der Waals surface area contributed by atoms with E-state index in [4.69, 9.17) is 5.11 Å². The van der Waals surface area contributed by atoms with E-state index in [1.807, 2.05) is 0 Å². The highest BCUT2D eigenvalue weighted by Crippen LogP contribution is 2.19. The highest BCUT2D eigenvalue weighted by Gasteiger charge is 2.21. The molecule has 1 aromatic rings. The molecule has 0 amide bonds. The largest absolute Gasteiger partial charge is 0.396 e. The van der Waals surface area contributed by atoms with Gasteiger partial charge in [0.1, 0.15) is 0 Å². The van der Waals surface area contributed by atoms with Gasteiger partial charge in [-0.2, -0.15) is 0 Å². The Morgan fingerprint density at radius 3 is 2.63 bits per heavy atom. The average molecular weight is 262 g/mol. The summed E-state index contributed by atoms with van der Waals surface area (Å²) >= 11 is 0. The molecule has 3 heteroatoms. The molecule has 0 radical (unpaired) electrons. The Labute approximate surface area is 116 Å². The molecule has 0 bridgehead atoms. The number of anilines is 1. The first-order valence-corrected chi connectivity index (χ1v) is 7.41. The third-order valence-electron chi connectivity index (χ3n) is 3.92. The molecule has 2 N–H and O–H groups in total. The lowest BCUT2D eigenvalue weighted by Crippen LogP contribution is -2.38. The van der Waals surface area contributed by atoms with E-state index in [-0.39, 0.29) is 6.61 Å². The maximum absolute atomic E-state index is 9.14. The highest BCUT2D eigenvalue weighted by atomic mass is 16.3. The summed E-state index contributed by atoms with van der Waals surface area (Å²) in [6.07, 6.45) is 1.92. The molecule has 1 fully saturated rings. The second kappa shape index (κ2) is 6.92. The van der Waals surface area contributed by atoms with E-state index in [2.05, 4.69) is 48.3 Å². The first-order valence-electron chi connectivity index (χ1n) is 7.41. The monoisotopic (exact) mass is 262 g/mol. The van der Waals surface area contributed by atoms with Gasteiger partial charge >= 0.3 is 0 Å². The number of hydrogen-bond donors (Lipinski definition) is 2. The van der Waals surface area contributed by atoms with Crippen LogP contribution in [0.4, 0.5) is 5.69 Å². The van der Waals surface area contributed by atoms with Gasteiger partial charge < -0.3 is 15.3 Å². The Balaban J connectivity index is 2.10. The predicted octanol–water partition coefficient (Wildman–Crippen LogP) is 2.05. The zero-order valence-corrected chi connectivity index (χ0v) is 12.1. The Morgan fingerprint density at radius 2 is 2.00 bits per heavy atom. The molecule has 2 atom stereocenters. The molecule has 1 aliphatic rings. The molecule has 3 nitrogen and oxygen atoms in total. The van der Waals surface area contributed by atoms with Crippen LogP contribution >= 0.6 is 0 Å². The quantitative estimate of drug-likeness (QED) is 0.872. The number of rotatable bonds is 4. The van der Waals surface area contributed by atoms with Crippen molar-refractivity contribution in [3.05, 3.63) is 29.8 Å². The molecule has 2 unspecified atom stereocenters. The van der Waals surface area contributed by atoms with Crippen LogP contribution in [0, 0.1) is 5.92 Å². The number of hydrogen-bond acceptors (Lipinski definition) is 3. The van der Waals surface area contributed by atoms with E-state index in [0.717, 1.165) is 32.5 Å². The van der Waals surface area contributed by atoms with Gasteiger partial charge in [-0.1, -0.05) is 26.0 Å². The van der Waals surface area contributed by atoms with Gasteiger partial charge in [-0.25, -0.2) is 0 Å². The maximum atomic E-state index is 9.14.